The highest BCUT2D eigenvalue weighted by molar-refractivity contribution is 7.98. The summed E-state index contributed by atoms with van der Waals surface area (Å²) < 4.78 is 65.4. The fourth-order valence-corrected chi connectivity index (χ4v) is 3.89. The van der Waals surface area contributed by atoms with Crippen molar-refractivity contribution < 1.29 is 21.6 Å². The lowest BCUT2D eigenvalue weighted by Gasteiger charge is -2.12. The summed E-state index contributed by atoms with van der Waals surface area (Å²) in [5, 5.41) is 18.1. The van der Waals surface area contributed by atoms with Gasteiger partial charge in [0.1, 0.15) is 12.2 Å². The lowest BCUT2D eigenvalue weighted by molar-refractivity contribution is -0.143. The van der Waals surface area contributed by atoms with Crippen molar-refractivity contribution in [2.75, 3.05) is 6.26 Å². The second kappa shape index (κ2) is 8.14. The molecule has 30 heavy (non-hydrogen) atoms. The topological polar surface area (TPSA) is 102 Å². The van der Waals surface area contributed by atoms with Gasteiger partial charge in [0.15, 0.2) is 5.69 Å². The first-order chi connectivity index (χ1) is 14.1. The van der Waals surface area contributed by atoms with E-state index in [1.807, 2.05) is 6.26 Å². The van der Waals surface area contributed by atoms with Gasteiger partial charge in [0.05, 0.1) is 11.0 Å². The molecule has 0 saturated heterocycles. The van der Waals surface area contributed by atoms with E-state index >= 15 is 0 Å². The van der Waals surface area contributed by atoms with Crippen LogP contribution >= 0.6 is 11.8 Å². The molecule has 0 spiro atoms. The maximum atomic E-state index is 13.9. The standard InChI is InChI=1S/C19H15F3N4O2S2/c1-29-14-6-2-12(3-7-14)16-17(13-4-8-15(9-5-13)30(24,27)28)25-26(11-10-23)18(16)19(20,21)22/h2-9H,11H2,1H3,(H2,24,27,28). The number of hydrogen-bond acceptors (Lipinski definition) is 5. The van der Waals surface area contributed by atoms with Gasteiger partial charge < -0.3 is 0 Å². The molecular formula is C19H15F3N4O2S2. The Morgan fingerprint density at radius 2 is 1.67 bits per heavy atom. The quantitative estimate of drug-likeness (QED) is 0.587. The zero-order chi connectivity index (χ0) is 22.1. The summed E-state index contributed by atoms with van der Waals surface area (Å²) in [7, 11) is -3.96. The van der Waals surface area contributed by atoms with Crippen molar-refractivity contribution in [1.82, 2.24) is 9.78 Å². The highest BCUT2D eigenvalue weighted by atomic mass is 32.2. The Hall–Kier alpha value is -2.81. The Morgan fingerprint density at radius 1 is 1.10 bits per heavy atom. The number of nitrogens with zero attached hydrogens (tertiary/aromatic N) is 3. The Morgan fingerprint density at radius 3 is 2.13 bits per heavy atom. The SMILES string of the molecule is CSc1ccc(-c2c(-c3ccc(S(N)(=O)=O)cc3)nn(CC#N)c2C(F)(F)F)cc1. The van der Waals surface area contributed by atoms with E-state index in [4.69, 9.17) is 10.4 Å². The van der Waals surface area contributed by atoms with Gasteiger partial charge >= 0.3 is 6.18 Å². The molecule has 2 N–H and O–H groups in total. The van der Waals surface area contributed by atoms with Gasteiger partial charge in [0.25, 0.3) is 0 Å². The summed E-state index contributed by atoms with van der Waals surface area (Å²) in [4.78, 5) is 0.695. The first kappa shape index (κ1) is 21.9. The molecule has 0 bridgehead atoms. The molecule has 0 amide bonds. The lowest BCUT2D eigenvalue weighted by atomic mass is 9.98. The van der Waals surface area contributed by atoms with Crippen LogP contribution in [0.4, 0.5) is 13.2 Å². The zero-order valence-electron chi connectivity index (χ0n) is 15.5. The minimum absolute atomic E-state index is 0.0181. The number of primary sulfonamides is 1. The summed E-state index contributed by atoms with van der Waals surface area (Å²) in [6.07, 6.45) is -2.92. The number of benzene rings is 2. The Kier molecular flexibility index (Phi) is 5.94. The molecule has 0 aliphatic rings. The average molecular weight is 452 g/mol. The van der Waals surface area contributed by atoms with E-state index in [9.17, 15) is 21.6 Å². The molecule has 3 aromatic rings. The number of nitriles is 1. The maximum absolute atomic E-state index is 13.9. The van der Waals surface area contributed by atoms with E-state index < -0.39 is 28.4 Å². The van der Waals surface area contributed by atoms with Crippen LogP contribution in [0, 0.1) is 11.3 Å². The molecule has 0 unspecified atom stereocenters. The molecule has 0 fully saturated rings. The predicted octanol–water partition coefficient (Wildman–Crippen LogP) is 4.13. The van der Waals surface area contributed by atoms with Crippen LogP contribution in [0.5, 0.6) is 0 Å². The number of hydrogen-bond donors (Lipinski definition) is 1. The summed E-state index contributed by atoms with van der Waals surface area (Å²) in [6, 6.07) is 13.2. The van der Waals surface area contributed by atoms with Crippen molar-refractivity contribution in [3.8, 4) is 28.5 Å². The largest absolute Gasteiger partial charge is 0.433 e. The summed E-state index contributed by atoms with van der Waals surface area (Å²) in [6.45, 7) is -0.597. The lowest BCUT2D eigenvalue weighted by Crippen LogP contribution is -2.15. The Bertz CT molecular complexity index is 1210. The summed E-state index contributed by atoms with van der Waals surface area (Å²) in [5.74, 6) is 0. The van der Waals surface area contributed by atoms with Crippen LogP contribution < -0.4 is 5.14 Å². The van der Waals surface area contributed by atoms with Crippen LogP contribution in [0.15, 0.2) is 58.3 Å². The van der Waals surface area contributed by atoms with Crippen LogP contribution in [0.1, 0.15) is 5.69 Å². The Labute approximate surface area is 175 Å². The van der Waals surface area contributed by atoms with Crippen molar-refractivity contribution in [3.05, 3.63) is 54.2 Å². The molecule has 0 atom stereocenters. The molecule has 6 nitrogen and oxygen atoms in total. The van der Waals surface area contributed by atoms with Gasteiger partial charge in [-0.3, -0.25) is 0 Å². The van der Waals surface area contributed by atoms with Crippen LogP contribution in [0.25, 0.3) is 22.4 Å². The van der Waals surface area contributed by atoms with Gasteiger partial charge in [-0.1, -0.05) is 24.3 Å². The van der Waals surface area contributed by atoms with E-state index in [-0.39, 0.29) is 27.3 Å². The molecule has 11 heteroatoms. The van der Waals surface area contributed by atoms with Crippen LogP contribution in [0.2, 0.25) is 0 Å². The smallest absolute Gasteiger partial charge is 0.245 e. The second-order valence-corrected chi connectivity index (χ2v) is 8.62. The fourth-order valence-electron chi connectivity index (χ4n) is 2.97. The number of sulfonamides is 1. The monoisotopic (exact) mass is 452 g/mol. The minimum atomic E-state index is -4.77. The summed E-state index contributed by atoms with van der Waals surface area (Å²) >= 11 is 1.45. The van der Waals surface area contributed by atoms with E-state index in [1.54, 1.807) is 30.3 Å². The van der Waals surface area contributed by atoms with Crippen LogP contribution in [-0.2, 0) is 22.7 Å². The van der Waals surface area contributed by atoms with E-state index in [1.165, 1.54) is 36.0 Å². The zero-order valence-corrected chi connectivity index (χ0v) is 17.1. The third-order valence-electron chi connectivity index (χ3n) is 4.28. The maximum Gasteiger partial charge on any atom is 0.433 e. The number of rotatable bonds is 5. The van der Waals surface area contributed by atoms with Crippen molar-refractivity contribution in [2.45, 2.75) is 22.5 Å². The average Bonchev–Trinajstić information content (AvgIpc) is 3.07. The number of aromatic nitrogens is 2. The van der Waals surface area contributed by atoms with Gasteiger partial charge in [0.2, 0.25) is 10.0 Å². The predicted molar refractivity (Wildman–Crippen MR) is 107 cm³/mol. The van der Waals surface area contributed by atoms with Gasteiger partial charge in [-0.2, -0.15) is 23.5 Å². The Balaban J connectivity index is 2.30. The van der Waals surface area contributed by atoms with Gasteiger partial charge in [-0.05, 0) is 36.1 Å². The highest BCUT2D eigenvalue weighted by Crippen LogP contribution is 2.43. The van der Waals surface area contributed by atoms with Crippen LogP contribution in [0.3, 0.4) is 0 Å². The second-order valence-electron chi connectivity index (χ2n) is 6.18. The molecule has 0 radical (unpaired) electrons. The minimum Gasteiger partial charge on any atom is -0.245 e. The molecule has 1 aromatic heterocycles. The summed E-state index contributed by atoms with van der Waals surface area (Å²) in [5.41, 5.74) is -0.723. The normalized spacial score (nSPS) is 12.0. The molecule has 2 aromatic carbocycles. The van der Waals surface area contributed by atoms with Crippen LogP contribution in [-0.4, -0.2) is 24.5 Å². The fraction of sp³-hybridized carbons (Fsp3) is 0.158. The molecule has 0 aliphatic heterocycles. The van der Waals surface area contributed by atoms with Crippen molar-refractivity contribution >= 4 is 21.8 Å². The third-order valence-corrected chi connectivity index (χ3v) is 5.95. The first-order valence-corrected chi connectivity index (χ1v) is 11.2. The molecule has 3 rings (SSSR count). The van der Waals surface area contributed by atoms with Crippen molar-refractivity contribution in [1.29, 1.82) is 5.26 Å². The van der Waals surface area contributed by atoms with E-state index in [2.05, 4.69) is 5.10 Å². The van der Waals surface area contributed by atoms with Crippen molar-refractivity contribution in [3.63, 3.8) is 0 Å². The molecular weight excluding hydrogens is 437 g/mol. The number of thioether (sulfide) groups is 1. The van der Waals surface area contributed by atoms with Gasteiger partial charge in [-0.25, -0.2) is 18.2 Å². The van der Waals surface area contributed by atoms with Gasteiger partial charge in [-0.15, -0.1) is 11.8 Å². The number of nitrogens with two attached hydrogens (primary N) is 1. The van der Waals surface area contributed by atoms with E-state index in [0.29, 0.717) is 4.68 Å². The highest BCUT2D eigenvalue weighted by Gasteiger charge is 2.40. The molecule has 156 valence electrons. The molecule has 1 heterocycles. The third kappa shape index (κ3) is 4.35. The molecule has 0 aliphatic carbocycles. The number of alkyl halides is 3. The molecule has 0 saturated carbocycles. The number of halogens is 3. The van der Waals surface area contributed by atoms with Gasteiger partial charge in [0, 0.05) is 16.0 Å². The van der Waals surface area contributed by atoms with Crippen molar-refractivity contribution in [2.24, 2.45) is 5.14 Å². The first-order valence-electron chi connectivity index (χ1n) is 8.39. The van der Waals surface area contributed by atoms with E-state index in [0.717, 1.165) is 4.90 Å².